The summed E-state index contributed by atoms with van der Waals surface area (Å²) in [7, 11) is 0. The third kappa shape index (κ3) is 1.40. The number of benzene rings is 1. The molecule has 4 rings (SSSR count). The van der Waals surface area contributed by atoms with Gasteiger partial charge in [0.1, 0.15) is 5.82 Å². The number of hydrogen-bond donors (Lipinski definition) is 0. The Labute approximate surface area is 110 Å². The number of esters is 1. The van der Waals surface area contributed by atoms with Gasteiger partial charge in [0.05, 0.1) is 18.2 Å². The van der Waals surface area contributed by atoms with E-state index >= 15 is 0 Å². The van der Waals surface area contributed by atoms with Gasteiger partial charge < -0.3 is 9.30 Å². The Hall–Kier alpha value is -2.36. The summed E-state index contributed by atoms with van der Waals surface area (Å²) in [6.45, 7) is 2.16. The minimum absolute atomic E-state index is 0.262. The standard InChI is InChI=1S/C15H12N2O2/c1-2-19-15(18)12-8-17-13-6-4-3-5-9(13)10-7-11(10)14(17)16-12/h3-8,11H,2H2,1H3. The van der Waals surface area contributed by atoms with Crippen LogP contribution in [0.15, 0.2) is 36.5 Å². The highest BCUT2D eigenvalue weighted by molar-refractivity contribution is 5.93. The van der Waals surface area contributed by atoms with Crippen LogP contribution in [-0.2, 0) is 4.74 Å². The molecule has 1 aromatic heterocycles. The van der Waals surface area contributed by atoms with Crippen molar-refractivity contribution in [2.75, 3.05) is 6.61 Å². The lowest BCUT2D eigenvalue weighted by Gasteiger charge is -2.16. The molecular weight excluding hydrogens is 240 g/mol. The summed E-state index contributed by atoms with van der Waals surface area (Å²) in [6, 6.07) is 8.18. The zero-order chi connectivity index (χ0) is 13.0. The van der Waals surface area contributed by atoms with E-state index in [0.717, 1.165) is 11.5 Å². The van der Waals surface area contributed by atoms with Crippen LogP contribution in [0.1, 0.15) is 34.7 Å². The first-order chi connectivity index (χ1) is 9.29. The molecule has 0 spiro atoms. The normalized spacial score (nSPS) is 17.9. The van der Waals surface area contributed by atoms with Crippen molar-refractivity contribution in [3.8, 4) is 5.69 Å². The van der Waals surface area contributed by atoms with Crippen molar-refractivity contribution in [2.45, 2.75) is 12.8 Å². The molecule has 2 aliphatic rings. The van der Waals surface area contributed by atoms with E-state index in [4.69, 9.17) is 4.74 Å². The first-order valence-corrected chi connectivity index (χ1v) is 6.37. The van der Waals surface area contributed by atoms with Gasteiger partial charge in [-0.3, -0.25) is 0 Å². The zero-order valence-corrected chi connectivity index (χ0v) is 10.5. The molecule has 1 unspecified atom stereocenters. The van der Waals surface area contributed by atoms with E-state index in [2.05, 4.69) is 17.1 Å². The van der Waals surface area contributed by atoms with Crippen molar-refractivity contribution < 1.29 is 9.53 Å². The third-order valence-electron chi connectivity index (χ3n) is 3.54. The van der Waals surface area contributed by atoms with Gasteiger partial charge in [-0.25, -0.2) is 9.78 Å². The van der Waals surface area contributed by atoms with E-state index in [1.807, 2.05) is 22.8 Å². The molecule has 0 bridgehead atoms. The van der Waals surface area contributed by atoms with Crippen molar-refractivity contribution in [3.05, 3.63) is 53.6 Å². The highest BCUT2D eigenvalue weighted by Crippen LogP contribution is 2.51. The topological polar surface area (TPSA) is 44.1 Å². The molecular formula is C15H12N2O2. The summed E-state index contributed by atoms with van der Waals surface area (Å²) in [6.07, 6.45) is 3.95. The number of fused-ring (bicyclic) bond motifs is 6. The lowest BCUT2D eigenvalue weighted by Crippen LogP contribution is -2.07. The number of ether oxygens (including phenoxy) is 1. The number of carbonyl (C=O) groups is 1. The highest BCUT2D eigenvalue weighted by Gasteiger charge is 2.38. The lowest BCUT2D eigenvalue weighted by atomic mass is 10.0. The van der Waals surface area contributed by atoms with E-state index in [1.165, 1.54) is 11.1 Å². The predicted molar refractivity (Wildman–Crippen MR) is 70.2 cm³/mol. The Morgan fingerprint density at radius 3 is 3.11 bits per heavy atom. The van der Waals surface area contributed by atoms with Crippen molar-refractivity contribution in [1.29, 1.82) is 0 Å². The van der Waals surface area contributed by atoms with Crippen LogP contribution < -0.4 is 0 Å². The van der Waals surface area contributed by atoms with Crippen molar-refractivity contribution in [1.82, 2.24) is 9.55 Å². The summed E-state index contributed by atoms with van der Waals surface area (Å²) in [4.78, 5) is 16.2. The van der Waals surface area contributed by atoms with Crippen LogP contribution in [-0.4, -0.2) is 22.1 Å². The molecule has 0 fully saturated rings. The fourth-order valence-electron chi connectivity index (χ4n) is 2.64. The highest BCUT2D eigenvalue weighted by atomic mass is 16.5. The third-order valence-corrected chi connectivity index (χ3v) is 3.54. The summed E-state index contributed by atoms with van der Waals surface area (Å²) in [5.74, 6) is 0.818. The van der Waals surface area contributed by atoms with Crippen molar-refractivity contribution >= 4 is 11.5 Å². The van der Waals surface area contributed by atoms with E-state index in [1.54, 1.807) is 13.1 Å². The summed E-state index contributed by atoms with van der Waals surface area (Å²) in [5, 5.41) is 0. The maximum atomic E-state index is 11.8. The van der Waals surface area contributed by atoms with Gasteiger partial charge in [0.15, 0.2) is 5.69 Å². The molecule has 0 saturated heterocycles. The van der Waals surface area contributed by atoms with Crippen LogP contribution in [0.4, 0.5) is 0 Å². The molecule has 0 N–H and O–H groups in total. The van der Waals surface area contributed by atoms with E-state index < -0.39 is 0 Å². The number of imidazole rings is 1. The van der Waals surface area contributed by atoms with Gasteiger partial charge in [-0.1, -0.05) is 24.3 Å². The van der Waals surface area contributed by atoms with Gasteiger partial charge in [0.2, 0.25) is 0 Å². The smallest absolute Gasteiger partial charge is 0.358 e. The van der Waals surface area contributed by atoms with Gasteiger partial charge in [-0.15, -0.1) is 0 Å². The Kier molecular flexibility index (Phi) is 1.98. The molecule has 19 heavy (non-hydrogen) atoms. The lowest BCUT2D eigenvalue weighted by molar-refractivity contribution is 0.0520. The van der Waals surface area contributed by atoms with Crippen molar-refractivity contribution in [2.24, 2.45) is 0 Å². The van der Waals surface area contributed by atoms with Gasteiger partial charge in [-0.05, 0) is 18.6 Å². The summed E-state index contributed by atoms with van der Waals surface area (Å²) >= 11 is 0. The maximum Gasteiger partial charge on any atom is 0.358 e. The molecule has 2 aromatic rings. The molecule has 1 aliphatic carbocycles. The zero-order valence-electron chi connectivity index (χ0n) is 10.5. The number of aromatic nitrogens is 2. The minimum Gasteiger partial charge on any atom is -0.461 e. The Morgan fingerprint density at radius 1 is 1.42 bits per heavy atom. The quantitative estimate of drug-likeness (QED) is 0.771. The Morgan fingerprint density at radius 2 is 2.26 bits per heavy atom. The largest absolute Gasteiger partial charge is 0.461 e. The van der Waals surface area contributed by atoms with Crippen LogP contribution in [0.2, 0.25) is 0 Å². The average molecular weight is 252 g/mol. The van der Waals surface area contributed by atoms with Crippen LogP contribution in [0.5, 0.6) is 0 Å². The number of allylic oxidation sites excluding steroid dienone is 2. The fraction of sp³-hybridized carbons (Fsp3) is 0.200. The molecule has 94 valence electrons. The Balaban J connectivity index is 1.85. The first kappa shape index (κ1) is 10.6. The van der Waals surface area contributed by atoms with Gasteiger partial charge >= 0.3 is 5.97 Å². The molecule has 1 aromatic carbocycles. The predicted octanol–water partition coefficient (Wildman–Crippen LogP) is 2.54. The number of nitrogens with zero attached hydrogens (tertiary/aromatic N) is 2. The molecule has 0 amide bonds. The number of hydrogen-bond acceptors (Lipinski definition) is 3. The fourth-order valence-corrected chi connectivity index (χ4v) is 2.64. The van der Waals surface area contributed by atoms with Gasteiger partial charge in [0, 0.05) is 11.8 Å². The second-order valence-corrected chi connectivity index (χ2v) is 4.69. The molecule has 4 nitrogen and oxygen atoms in total. The summed E-state index contributed by atoms with van der Waals surface area (Å²) < 4.78 is 7.01. The molecule has 1 aliphatic heterocycles. The monoisotopic (exact) mass is 252 g/mol. The molecule has 0 saturated carbocycles. The summed E-state index contributed by atoms with van der Waals surface area (Å²) in [5.41, 5.74) is 4.01. The van der Waals surface area contributed by atoms with Crippen LogP contribution in [0.3, 0.4) is 0 Å². The second-order valence-electron chi connectivity index (χ2n) is 4.69. The maximum absolute atomic E-state index is 11.8. The number of rotatable bonds is 2. The average Bonchev–Trinajstić information content (AvgIpc) is 3.11. The van der Waals surface area contributed by atoms with E-state index in [9.17, 15) is 4.79 Å². The first-order valence-electron chi connectivity index (χ1n) is 6.37. The van der Waals surface area contributed by atoms with Gasteiger partial charge in [-0.2, -0.15) is 0 Å². The SMILES string of the molecule is CCOC(=O)c1cn2c(n1)C1C=C1c1ccccc1-2. The van der Waals surface area contributed by atoms with Crippen LogP contribution in [0, 0.1) is 0 Å². The van der Waals surface area contributed by atoms with Crippen molar-refractivity contribution in [3.63, 3.8) is 0 Å². The van der Waals surface area contributed by atoms with Crippen LogP contribution >= 0.6 is 0 Å². The Bertz CT molecular complexity index is 727. The van der Waals surface area contributed by atoms with E-state index in [0.29, 0.717) is 12.3 Å². The molecule has 1 atom stereocenters. The van der Waals surface area contributed by atoms with Gasteiger partial charge in [0.25, 0.3) is 0 Å². The molecule has 0 radical (unpaired) electrons. The second kappa shape index (κ2) is 3.57. The van der Waals surface area contributed by atoms with E-state index in [-0.39, 0.29) is 11.9 Å². The molecule has 2 heterocycles. The minimum atomic E-state index is -0.357. The molecule has 4 heteroatoms. The number of carbonyl (C=O) groups excluding carboxylic acids is 1. The number of para-hydroxylation sites is 1. The van der Waals surface area contributed by atoms with Crippen LogP contribution in [0.25, 0.3) is 11.3 Å².